The molecule has 0 saturated heterocycles. The predicted octanol–water partition coefficient (Wildman–Crippen LogP) is 5.39. The van der Waals surface area contributed by atoms with E-state index in [1.807, 2.05) is 0 Å². The molecule has 1 aromatic rings. The molecule has 152 valence electrons. The molecule has 0 aliphatic heterocycles. The highest BCUT2D eigenvalue weighted by molar-refractivity contribution is 7.79. The summed E-state index contributed by atoms with van der Waals surface area (Å²) in [5.74, 6) is 0. The summed E-state index contributed by atoms with van der Waals surface area (Å²) < 4.78 is 31.6. The smallest absolute Gasteiger partial charge is 0.302 e. The minimum Gasteiger partial charge on any atom is -0.302 e. The van der Waals surface area contributed by atoms with E-state index in [4.69, 9.17) is 17.5 Å². The zero-order chi connectivity index (χ0) is 19.7. The molecule has 0 aromatic heterocycles. The van der Waals surface area contributed by atoms with Crippen molar-refractivity contribution in [3.05, 3.63) is 35.9 Å². The molecule has 0 aliphatic rings. The van der Waals surface area contributed by atoms with Crippen LogP contribution in [-0.4, -0.2) is 36.0 Å². The third-order valence-corrected chi connectivity index (χ3v) is 4.19. The van der Waals surface area contributed by atoms with Gasteiger partial charge >= 0.3 is 10.4 Å². The van der Waals surface area contributed by atoms with Crippen LogP contribution in [0.1, 0.15) is 76.7 Å². The molecule has 0 bridgehead atoms. The van der Waals surface area contributed by atoms with Gasteiger partial charge in [-0.1, -0.05) is 95.0 Å². The normalized spacial score (nSPS) is 11.3. The van der Waals surface area contributed by atoms with Crippen molar-refractivity contribution >= 4 is 10.4 Å². The largest absolute Gasteiger partial charge is 0.394 e. The molecular formula is C20H37NO4S. The van der Waals surface area contributed by atoms with Gasteiger partial charge in [-0.25, -0.2) is 0 Å². The molecule has 0 radical (unpaired) electrons. The van der Waals surface area contributed by atoms with Crippen LogP contribution in [0.3, 0.4) is 0 Å². The van der Waals surface area contributed by atoms with Crippen molar-refractivity contribution in [3.8, 4) is 0 Å². The fourth-order valence-corrected chi connectivity index (χ4v) is 2.84. The van der Waals surface area contributed by atoms with Crippen LogP contribution in [0.25, 0.3) is 0 Å². The van der Waals surface area contributed by atoms with E-state index in [1.165, 1.54) is 76.3 Å². The maximum atomic E-state index is 8.74. The van der Waals surface area contributed by atoms with E-state index in [9.17, 15) is 0 Å². The molecule has 0 aliphatic carbocycles. The Hall–Kier alpha value is -0.950. The van der Waals surface area contributed by atoms with E-state index < -0.39 is 10.4 Å². The molecule has 0 atom stereocenters. The Morgan fingerprint density at radius 1 is 0.808 bits per heavy atom. The first kappa shape index (κ1) is 25.1. The molecule has 0 spiro atoms. The molecule has 0 heterocycles. The van der Waals surface area contributed by atoms with E-state index >= 15 is 0 Å². The lowest BCUT2D eigenvalue weighted by molar-refractivity contribution is 0.316. The minimum absolute atomic E-state index is 1.08. The first-order valence-corrected chi connectivity index (χ1v) is 11.1. The molecule has 6 heteroatoms. The van der Waals surface area contributed by atoms with Gasteiger partial charge < -0.3 is 4.90 Å². The molecular weight excluding hydrogens is 350 g/mol. The second-order valence-electron chi connectivity index (χ2n) is 6.85. The van der Waals surface area contributed by atoms with E-state index in [2.05, 4.69) is 49.2 Å². The van der Waals surface area contributed by atoms with Crippen molar-refractivity contribution in [2.24, 2.45) is 0 Å². The van der Waals surface area contributed by atoms with Crippen molar-refractivity contribution in [2.75, 3.05) is 13.6 Å². The summed E-state index contributed by atoms with van der Waals surface area (Å²) in [5, 5.41) is 0. The average Bonchev–Trinajstić information content (AvgIpc) is 2.56. The monoisotopic (exact) mass is 387 g/mol. The van der Waals surface area contributed by atoms with Gasteiger partial charge in [0.1, 0.15) is 0 Å². The van der Waals surface area contributed by atoms with Gasteiger partial charge in [-0.05, 0) is 25.6 Å². The topological polar surface area (TPSA) is 77.8 Å². The van der Waals surface area contributed by atoms with Gasteiger partial charge in [-0.3, -0.25) is 9.11 Å². The molecule has 0 saturated carbocycles. The Balaban J connectivity index is 0.00000110. The van der Waals surface area contributed by atoms with Crippen molar-refractivity contribution in [3.63, 3.8) is 0 Å². The molecule has 0 fully saturated rings. The number of hydrogen-bond donors (Lipinski definition) is 2. The van der Waals surface area contributed by atoms with Gasteiger partial charge in [-0.2, -0.15) is 8.42 Å². The van der Waals surface area contributed by atoms with E-state index in [-0.39, 0.29) is 0 Å². The maximum absolute atomic E-state index is 8.74. The standard InChI is InChI=1S/C20H35N.H2O4S/c1-3-4-5-6-7-8-9-10-11-15-18-21(2)19-20-16-13-12-14-17-20;1-5(2,3)4/h12-14,16-17H,3-11,15,18-19H2,1-2H3;(H2,1,2,3,4). The summed E-state index contributed by atoms with van der Waals surface area (Å²) >= 11 is 0. The first-order chi connectivity index (χ1) is 12.3. The van der Waals surface area contributed by atoms with Crippen LogP contribution in [0.15, 0.2) is 30.3 Å². The third-order valence-electron chi connectivity index (χ3n) is 4.19. The lowest BCUT2D eigenvalue weighted by Gasteiger charge is -2.16. The van der Waals surface area contributed by atoms with Crippen molar-refractivity contribution in [2.45, 2.75) is 77.7 Å². The number of nitrogens with zero attached hydrogens (tertiary/aromatic N) is 1. The van der Waals surface area contributed by atoms with Crippen LogP contribution in [0.2, 0.25) is 0 Å². The van der Waals surface area contributed by atoms with E-state index in [0.29, 0.717) is 0 Å². The van der Waals surface area contributed by atoms with Gasteiger partial charge in [0.05, 0.1) is 0 Å². The molecule has 5 nitrogen and oxygen atoms in total. The lowest BCUT2D eigenvalue weighted by atomic mass is 10.1. The Bertz CT molecular complexity index is 512. The second kappa shape index (κ2) is 16.2. The SMILES string of the molecule is CCCCCCCCCCCCN(C)Cc1ccccc1.O=S(=O)(O)O. The Morgan fingerprint density at radius 3 is 1.69 bits per heavy atom. The van der Waals surface area contributed by atoms with Crippen LogP contribution in [-0.2, 0) is 16.9 Å². The van der Waals surface area contributed by atoms with E-state index in [0.717, 1.165) is 6.54 Å². The van der Waals surface area contributed by atoms with E-state index in [1.54, 1.807) is 0 Å². The summed E-state index contributed by atoms with van der Waals surface area (Å²) in [6, 6.07) is 10.8. The zero-order valence-electron chi connectivity index (χ0n) is 16.4. The molecule has 1 aromatic carbocycles. The minimum atomic E-state index is -4.67. The molecule has 2 N–H and O–H groups in total. The van der Waals surface area contributed by atoms with Gasteiger partial charge in [0, 0.05) is 6.54 Å². The third kappa shape index (κ3) is 21.1. The number of hydrogen-bond acceptors (Lipinski definition) is 3. The highest BCUT2D eigenvalue weighted by Gasteiger charge is 1.99. The van der Waals surface area contributed by atoms with Crippen molar-refractivity contribution < 1.29 is 17.5 Å². The quantitative estimate of drug-likeness (QED) is 0.351. The van der Waals surface area contributed by atoms with Gasteiger partial charge in [0.25, 0.3) is 0 Å². The van der Waals surface area contributed by atoms with Crippen molar-refractivity contribution in [1.82, 2.24) is 4.90 Å². The number of benzene rings is 1. The Labute approximate surface area is 160 Å². The summed E-state index contributed by atoms with van der Waals surface area (Å²) in [5.41, 5.74) is 1.42. The fraction of sp³-hybridized carbons (Fsp3) is 0.700. The van der Waals surface area contributed by atoms with Crippen LogP contribution < -0.4 is 0 Å². The van der Waals surface area contributed by atoms with Crippen molar-refractivity contribution in [1.29, 1.82) is 0 Å². The van der Waals surface area contributed by atoms with Crippen LogP contribution in [0.4, 0.5) is 0 Å². The summed E-state index contributed by atoms with van der Waals surface area (Å²) in [4.78, 5) is 2.44. The Kier molecular flexibility index (Phi) is 15.6. The highest BCUT2D eigenvalue weighted by Crippen LogP contribution is 2.11. The molecule has 26 heavy (non-hydrogen) atoms. The molecule has 0 amide bonds. The predicted molar refractivity (Wildman–Crippen MR) is 109 cm³/mol. The lowest BCUT2D eigenvalue weighted by Crippen LogP contribution is -2.18. The van der Waals surface area contributed by atoms with Gasteiger partial charge in [0.15, 0.2) is 0 Å². The van der Waals surface area contributed by atoms with Gasteiger partial charge in [-0.15, -0.1) is 0 Å². The zero-order valence-corrected chi connectivity index (χ0v) is 17.3. The highest BCUT2D eigenvalue weighted by atomic mass is 32.3. The van der Waals surface area contributed by atoms with Crippen LogP contribution in [0, 0.1) is 0 Å². The van der Waals surface area contributed by atoms with Gasteiger partial charge in [0.2, 0.25) is 0 Å². The van der Waals surface area contributed by atoms with Crippen LogP contribution in [0.5, 0.6) is 0 Å². The number of unbranched alkanes of at least 4 members (excludes halogenated alkanes) is 9. The Morgan fingerprint density at radius 2 is 1.23 bits per heavy atom. The number of rotatable bonds is 13. The maximum Gasteiger partial charge on any atom is 0.394 e. The summed E-state index contributed by atoms with van der Waals surface area (Å²) in [6.07, 6.45) is 14.2. The fourth-order valence-electron chi connectivity index (χ4n) is 2.84. The molecule has 0 unspecified atom stereocenters. The second-order valence-corrected chi connectivity index (χ2v) is 7.75. The summed E-state index contributed by atoms with van der Waals surface area (Å²) in [7, 11) is -2.43. The molecule has 1 rings (SSSR count). The van der Waals surface area contributed by atoms with Crippen LogP contribution >= 0.6 is 0 Å². The first-order valence-electron chi connectivity index (χ1n) is 9.75. The average molecular weight is 388 g/mol. The summed E-state index contributed by atoms with van der Waals surface area (Å²) in [6.45, 7) is 4.60.